The van der Waals surface area contributed by atoms with Gasteiger partial charge in [0.2, 0.25) is 27.7 Å². The number of hydrogen-bond acceptors (Lipinski definition) is 12. The molecule has 7 aliphatic rings. The molecule has 5 amide bonds. The zero-order valence-electron chi connectivity index (χ0n) is 40.8. The molecular weight excluding hydrogens is 924 g/mol. The van der Waals surface area contributed by atoms with Gasteiger partial charge in [0.15, 0.2) is 6.17 Å². The summed E-state index contributed by atoms with van der Waals surface area (Å²) in [6.45, 7) is 10.6. The third-order valence-electron chi connectivity index (χ3n) is 15.6. The van der Waals surface area contributed by atoms with Crippen LogP contribution in [0.15, 0.2) is 36.9 Å². The summed E-state index contributed by atoms with van der Waals surface area (Å²) in [5.74, 6) is -2.05. The van der Waals surface area contributed by atoms with Gasteiger partial charge in [-0.3, -0.25) is 19.1 Å². The van der Waals surface area contributed by atoms with Crippen LogP contribution >= 0.6 is 0 Å². The Labute approximate surface area is 409 Å². The van der Waals surface area contributed by atoms with E-state index in [1.54, 1.807) is 27.7 Å². The minimum absolute atomic E-state index is 0.0458. The van der Waals surface area contributed by atoms with Crippen molar-refractivity contribution in [2.75, 3.05) is 19.6 Å². The number of fused-ring (bicyclic) bond motifs is 5. The second kappa shape index (κ2) is 19.4. The lowest BCUT2D eigenvalue weighted by molar-refractivity contribution is -0.142. The van der Waals surface area contributed by atoms with Gasteiger partial charge in [-0.2, -0.15) is 0 Å². The number of alkyl halides is 1. The summed E-state index contributed by atoms with van der Waals surface area (Å²) >= 11 is 0. The topological polar surface area (TPSA) is 212 Å². The average Bonchev–Trinajstić information content (AvgIpc) is 4.28. The Kier molecular flexibility index (Phi) is 13.8. The Morgan fingerprint density at radius 3 is 2.37 bits per heavy atom. The second-order valence-corrected chi connectivity index (χ2v) is 24.3. The van der Waals surface area contributed by atoms with Crippen molar-refractivity contribution in [3.05, 3.63) is 42.5 Å². The Hall–Kier alpha value is -5.20. The lowest BCUT2D eigenvalue weighted by Gasteiger charge is -2.36. The number of para-hydroxylation sites is 1. The molecule has 0 radical (unpaired) electrons. The first-order valence-corrected chi connectivity index (χ1v) is 26.9. The molecule has 1 aromatic heterocycles. The number of carbonyl (C=O) groups is 5. The highest BCUT2D eigenvalue weighted by Crippen LogP contribution is 2.48. The van der Waals surface area contributed by atoms with E-state index in [4.69, 9.17) is 23.9 Å². The minimum Gasteiger partial charge on any atom is -0.486 e. The quantitative estimate of drug-likeness (QED) is 0.229. The van der Waals surface area contributed by atoms with Crippen LogP contribution in [0.3, 0.4) is 0 Å². The summed E-state index contributed by atoms with van der Waals surface area (Å²) in [5.41, 5.74) is -1.24. The Bertz CT molecular complexity index is 2490. The lowest BCUT2D eigenvalue weighted by atomic mass is 9.83. The van der Waals surface area contributed by atoms with E-state index < -0.39 is 92.2 Å². The highest BCUT2D eigenvalue weighted by molar-refractivity contribution is 7.91. The standard InChI is InChI=1S/C51H69FN6O11S/c1-6-32-27-51(32,46(61)56-70(64,65)50(5)22-23-50)55-43(59)38-26-33-28-58(38)45(60)41(30-15-9-7-10-16-30)54-47(62)68-40-25-31(40)17-11-8-12-19-35-42(34-18-13-14-20-37(34)53-44(35)66-33)67-39-21-24-57(29-36(39)52)48(63)69-49(2,3)4/h6,13-14,18,20,30-33,36,38-41H,1,7-12,15-17,19,21-29H2,2-5H3,(H,54,62)(H,55,59)(H,56,61)/t31-,32-,33-,36+,38+,39-,40-,41+,51-/m1/s1. The third kappa shape index (κ3) is 10.5. The molecule has 19 heteroatoms. The van der Waals surface area contributed by atoms with Crippen molar-refractivity contribution in [1.82, 2.24) is 30.1 Å². The number of benzene rings is 1. The van der Waals surface area contributed by atoms with Crippen LogP contribution in [-0.2, 0) is 40.3 Å². The van der Waals surface area contributed by atoms with Crippen molar-refractivity contribution in [2.24, 2.45) is 17.8 Å². The van der Waals surface area contributed by atoms with Crippen LogP contribution in [0.25, 0.3) is 10.9 Å². The maximum absolute atomic E-state index is 16.3. The van der Waals surface area contributed by atoms with Crippen LogP contribution in [0.2, 0.25) is 0 Å². The number of rotatable bonds is 9. The number of sulfonamides is 1. The predicted molar refractivity (Wildman–Crippen MR) is 256 cm³/mol. The number of amides is 5. The number of ether oxygens (including phenoxy) is 4. The highest BCUT2D eigenvalue weighted by Gasteiger charge is 2.63. The molecule has 4 heterocycles. The van der Waals surface area contributed by atoms with Gasteiger partial charge in [-0.05, 0) is 109 Å². The molecule has 2 bridgehead atoms. The molecule has 2 saturated heterocycles. The first kappa shape index (κ1) is 49.8. The van der Waals surface area contributed by atoms with Gasteiger partial charge >= 0.3 is 12.2 Å². The molecule has 9 atom stereocenters. The first-order valence-electron chi connectivity index (χ1n) is 25.4. The largest absolute Gasteiger partial charge is 0.486 e. The number of carbonyl (C=O) groups excluding carboxylic acids is 5. The van der Waals surface area contributed by atoms with E-state index in [-0.39, 0.29) is 62.7 Å². The smallest absolute Gasteiger partial charge is 0.410 e. The van der Waals surface area contributed by atoms with Crippen LogP contribution in [0, 0.1) is 17.8 Å². The average molecular weight is 993 g/mol. The monoisotopic (exact) mass is 992 g/mol. The number of halogens is 1. The van der Waals surface area contributed by atoms with Gasteiger partial charge in [-0.15, -0.1) is 6.58 Å². The minimum atomic E-state index is -4.06. The molecule has 4 saturated carbocycles. The van der Waals surface area contributed by atoms with Crippen molar-refractivity contribution >= 4 is 50.8 Å². The summed E-state index contributed by atoms with van der Waals surface area (Å²) in [6, 6.07) is 5.12. The molecule has 0 spiro atoms. The Balaban J connectivity index is 1.05. The number of aromatic nitrogens is 1. The molecule has 1 aromatic carbocycles. The number of likely N-dealkylation sites (tertiary alicyclic amines) is 1. The number of nitrogens with zero attached hydrogens (tertiary/aromatic N) is 3. The number of pyridine rings is 1. The van der Waals surface area contributed by atoms with Gasteiger partial charge in [0.1, 0.15) is 47.3 Å². The molecule has 9 rings (SSSR count). The van der Waals surface area contributed by atoms with Gasteiger partial charge in [-0.1, -0.05) is 50.3 Å². The zero-order chi connectivity index (χ0) is 49.8. The van der Waals surface area contributed by atoms with Crippen LogP contribution in [0.4, 0.5) is 14.0 Å². The van der Waals surface area contributed by atoms with E-state index >= 15 is 9.18 Å². The van der Waals surface area contributed by atoms with Crippen LogP contribution in [0.1, 0.15) is 130 Å². The van der Waals surface area contributed by atoms with E-state index in [2.05, 4.69) is 21.9 Å². The molecule has 6 fully saturated rings. The van der Waals surface area contributed by atoms with E-state index in [1.807, 2.05) is 24.3 Å². The summed E-state index contributed by atoms with van der Waals surface area (Å²) in [7, 11) is -4.06. The molecule has 17 nitrogen and oxygen atoms in total. The van der Waals surface area contributed by atoms with Gasteiger partial charge in [-0.25, -0.2) is 27.4 Å². The molecule has 4 aliphatic carbocycles. The van der Waals surface area contributed by atoms with E-state index in [1.165, 1.54) is 15.9 Å². The zero-order valence-corrected chi connectivity index (χ0v) is 41.7. The van der Waals surface area contributed by atoms with Crippen molar-refractivity contribution in [3.8, 4) is 11.6 Å². The SMILES string of the molecule is C=C[C@@H]1C[C@]1(NC(=O)[C@@H]1C[C@@H]2CN1C(=O)[C@H](C1CCCCC1)NC(=O)O[C@@H]1C[C@H]1CCCCCc1c(nc3ccccc3c1O[C@@H]1CCN(C(=O)OC(C)(C)C)C[C@@H]1F)O2)C(=O)NS(=O)(=O)C1(C)CC1. The Morgan fingerprint density at radius 2 is 1.69 bits per heavy atom. The molecule has 70 heavy (non-hydrogen) atoms. The van der Waals surface area contributed by atoms with Crippen LogP contribution in [0.5, 0.6) is 11.6 Å². The molecule has 3 N–H and O–H groups in total. The van der Waals surface area contributed by atoms with Crippen molar-refractivity contribution in [2.45, 2.75) is 183 Å². The number of piperidine rings is 1. The fourth-order valence-corrected chi connectivity index (χ4v) is 12.2. The Morgan fingerprint density at radius 1 is 0.971 bits per heavy atom. The third-order valence-corrected chi connectivity index (χ3v) is 17.8. The van der Waals surface area contributed by atoms with E-state index in [0.717, 1.165) is 44.9 Å². The fourth-order valence-electron chi connectivity index (χ4n) is 10.8. The summed E-state index contributed by atoms with van der Waals surface area (Å²) < 4.78 is 69.0. The maximum atomic E-state index is 16.3. The molecule has 2 aromatic rings. The van der Waals surface area contributed by atoms with Crippen LogP contribution in [-0.4, -0.2) is 125 Å². The van der Waals surface area contributed by atoms with Gasteiger partial charge in [0.25, 0.3) is 5.91 Å². The molecule has 0 unspecified atom stereocenters. The molecule has 382 valence electrons. The fraction of sp³-hybridized carbons (Fsp3) is 0.686. The van der Waals surface area contributed by atoms with E-state index in [0.29, 0.717) is 60.7 Å². The second-order valence-electron chi connectivity index (χ2n) is 22.1. The molecular formula is C51H69FN6O11S. The van der Waals surface area contributed by atoms with Crippen molar-refractivity contribution in [3.63, 3.8) is 0 Å². The van der Waals surface area contributed by atoms with Crippen molar-refractivity contribution in [1.29, 1.82) is 0 Å². The summed E-state index contributed by atoms with van der Waals surface area (Å²) in [4.78, 5) is 78.4. The normalized spacial score (nSPS) is 31.5. The summed E-state index contributed by atoms with van der Waals surface area (Å²) in [6.07, 6.45) is 6.16. The van der Waals surface area contributed by atoms with Gasteiger partial charge in [0, 0.05) is 30.7 Å². The number of hydrogen-bond donors (Lipinski definition) is 3. The lowest BCUT2D eigenvalue weighted by Crippen LogP contribution is -2.59. The number of alkyl carbamates (subject to hydrolysis) is 1. The first-order chi connectivity index (χ1) is 33.3. The number of nitrogens with one attached hydrogen (secondary N) is 3. The molecule has 3 aliphatic heterocycles. The van der Waals surface area contributed by atoms with Gasteiger partial charge in [0.05, 0.1) is 28.9 Å². The highest BCUT2D eigenvalue weighted by atomic mass is 32.2. The summed E-state index contributed by atoms with van der Waals surface area (Å²) in [5, 5.41) is 6.45. The predicted octanol–water partition coefficient (Wildman–Crippen LogP) is 6.55. The van der Waals surface area contributed by atoms with Crippen molar-refractivity contribution < 1.29 is 55.7 Å². The van der Waals surface area contributed by atoms with Gasteiger partial charge < -0.3 is 39.4 Å². The maximum Gasteiger partial charge on any atom is 0.410 e. The van der Waals surface area contributed by atoms with Crippen LogP contribution < -0.4 is 24.8 Å². The van der Waals surface area contributed by atoms with E-state index in [9.17, 15) is 27.6 Å².